The number of rotatable bonds is 5. The van der Waals surface area contributed by atoms with E-state index in [0.29, 0.717) is 5.46 Å². The molecule has 18 heavy (non-hydrogen) atoms. The molecule has 1 aromatic rings. The van der Waals surface area contributed by atoms with Crippen molar-refractivity contribution in [1.29, 1.82) is 0 Å². The van der Waals surface area contributed by atoms with Gasteiger partial charge >= 0.3 is 7.48 Å². The van der Waals surface area contributed by atoms with Crippen LogP contribution in [0.5, 0.6) is 5.75 Å². The van der Waals surface area contributed by atoms with Gasteiger partial charge in [0.2, 0.25) is 0 Å². The standard InChI is InChI=1S/C13H20BFO3/c1-12(2,16)13(3,4)18-14-9-6-7-11(17-5)10(15)8-9/h6-8,14,16H,1-5H3. The summed E-state index contributed by atoms with van der Waals surface area (Å²) in [6.07, 6.45) is 0. The molecule has 100 valence electrons. The maximum absolute atomic E-state index is 13.5. The Balaban J connectivity index is 2.73. The molecule has 0 heterocycles. The summed E-state index contributed by atoms with van der Waals surface area (Å²) < 4.78 is 24.0. The van der Waals surface area contributed by atoms with Gasteiger partial charge in [-0.1, -0.05) is 6.07 Å². The van der Waals surface area contributed by atoms with Crippen molar-refractivity contribution in [2.24, 2.45) is 0 Å². The van der Waals surface area contributed by atoms with Gasteiger partial charge in [0.1, 0.15) is 0 Å². The zero-order valence-corrected chi connectivity index (χ0v) is 11.6. The summed E-state index contributed by atoms with van der Waals surface area (Å²) in [6, 6.07) is 4.67. The van der Waals surface area contributed by atoms with Gasteiger partial charge < -0.3 is 14.5 Å². The van der Waals surface area contributed by atoms with Crippen LogP contribution in [0.2, 0.25) is 0 Å². The number of halogens is 1. The minimum absolute atomic E-state index is 0.209. The minimum Gasteiger partial charge on any atom is -0.494 e. The third-order valence-electron chi connectivity index (χ3n) is 3.29. The van der Waals surface area contributed by atoms with Gasteiger partial charge in [-0.15, -0.1) is 0 Å². The highest BCUT2D eigenvalue weighted by Crippen LogP contribution is 2.24. The van der Waals surface area contributed by atoms with Crippen LogP contribution in [-0.2, 0) is 4.65 Å². The van der Waals surface area contributed by atoms with Crippen molar-refractivity contribution in [1.82, 2.24) is 0 Å². The molecular weight excluding hydrogens is 234 g/mol. The topological polar surface area (TPSA) is 38.7 Å². The summed E-state index contributed by atoms with van der Waals surface area (Å²) in [7, 11) is 1.66. The molecule has 0 spiro atoms. The Morgan fingerprint density at radius 1 is 1.22 bits per heavy atom. The summed E-state index contributed by atoms with van der Waals surface area (Å²) in [5.41, 5.74) is -0.993. The van der Waals surface area contributed by atoms with Crippen molar-refractivity contribution in [3.05, 3.63) is 24.0 Å². The van der Waals surface area contributed by atoms with Crippen LogP contribution in [-0.4, -0.2) is 30.9 Å². The molecule has 0 saturated carbocycles. The average molecular weight is 254 g/mol. The molecule has 1 N–H and O–H groups in total. The molecular formula is C13H20BFO3. The van der Waals surface area contributed by atoms with Gasteiger partial charge in [-0.25, -0.2) is 4.39 Å². The maximum atomic E-state index is 13.5. The van der Waals surface area contributed by atoms with Crippen LogP contribution in [0.4, 0.5) is 4.39 Å². The number of methoxy groups -OCH3 is 1. The Morgan fingerprint density at radius 3 is 2.28 bits per heavy atom. The minimum atomic E-state index is -0.974. The van der Waals surface area contributed by atoms with Crippen LogP contribution in [0.15, 0.2) is 18.2 Å². The van der Waals surface area contributed by atoms with Crippen LogP contribution in [0.25, 0.3) is 0 Å². The van der Waals surface area contributed by atoms with E-state index in [4.69, 9.17) is 9.39 Å². The van der Waals surface area contributed by atoms with E-state index in [0.717, 1.165) is 0 Å². The largest absolute Gasteiger partial charge is 0.494 e. The van der Waals surface area contributed by atoms with E-state index in [-0.39, 0.29) is 13.2 Å². The van der Waals surface area contributed by atoms with Gasteiger partial charge in [0.25, 0.3) is 0 Å². The molecule has 0 aliphatic rings. The number of hydrogen-bond donors (Lipinski definition) is 1. The number of ether oxygens (including phenoxy) is 1. The lowest BCUT2D eigenvalue weighted by Gasteiger charge is -2.37. The quantitative estimate of drug-likeness (QED) is 0.807. The van der Waals surface area contributed by atoms with Gasteiger partial charge in [-0.3, -0.25) is 0 Å². The lowest BCUT2D eigenvalue weighted by molar-refractivity contribution is -0.0893. The average Bonchev–Trinajstić information content (AvgIpc) is 2.25. The van der Waals surface area contributed by atoms with Crippen LogP contribution in [0.1, 0.15) is 27.7 Å². The fourth-order valence-electron chi connectivity index (χ4n) is 1.24. The van der Waals surface area contributed by atoms with Crippen molar-refractivity contribution < 1.29 is 18.9 Å². The van der Waals surface area contributed by atoms with Crippen LogP contribution in [0.3, 0.4) is 0 Å². The predicted octanol–water partition coefficient (Wildman–Crippen LogP) is 1.38. The van der Waals surface area contributed by atoms with Gasteiger partial charge in [0, 0.05) is 0 Å². The monoisotopic (exact) mass is 254 g/mol. The highest BCUT2D eigenvalue weighted by Gasteiger charge is 2.35. The molecule has 0 atom stereocenters. The van der Waals surface area contributed by atoms with E-state index in [1.807, 2.05) is 0 Å². The third kappa shape index (κ3) is 3.46. The molecule has 0 aromatic heterocycles. The molecule has 0 fully saturated rings. The van der Waals surface area contributed by atoms with Gasteiger partial charge in [0.05, 0.1) is 18.3 Å². The number of aliphatic hydroxyl groups is 1. The Labute approximate surface area is 108 Å². The first-order valence-electron chi connectivity index (χ1n) is 5.86. The van der Waals surface area contributed by atoms with E-state index in [2.05, 4.69) is 0 Å². The highest BCUT2D eigenvalue weighted by molar-refractivity contribution is 6.47. The predicted molar refractivity (Wildman–Crippen MR) is 71.2 cm³/mol. The van der Waals surface area contributed by atoms with Crippen molar-refractivity contribution in [2.45, 2.75) is 38.9 Å². The van der Waals surface area contributed by atoms with Crippen molar-refractivity contribution in [3.63, 3.8) is 0 Å². The molecule has 0 amide bonds. The lowest BCUT2D eigenvalue weighted by atomic mass is 9.82. The lowest BCUT2D eigenvalue weighted by Crippen LogP contribution is -2.49. The van der Waals surface area contributed by atoms with Gasteiger partial charge in [-0.2, -0.15) is 0 Å². The SMILES string of the molecule is COc1ccc(BOC(C)(C)C(C)(C)O)cc1F. The molecule has 0 aliphatic heterocycles. The molecule has 0 bridgehead atoms. The summed E-state index contributed by atoms with van der Waals surface area (Å²) >= 11 is 0. The fourth-order valence-corrected chi connectivity index (χ4v) is 1.24. The van der Waals surface area contributed by atoms with Crippen LogP contribution >= 0.6 is 0 Å². The maximum Gasteiger partial charge on any atom is 0.309 e. The Hall–Kier alpha value is -1.07. The van der Waals surface area contributed by atoms with E-state index < -0.39 is 17.0 Å². The number of benzene rings is 1. The first-order valence-corrected chi connectivity index (χ1v) is 5.86. The first-order chi connectivity index (χ1) is 8.17. The Bertz CT molecular complexity index is 413. The molecule has 5 heteroatoms. The normalized spacial score (nSPS) is 12.4. The van der Waals surface area contributed by atoms with E-state index in [1.165, 1.54) is 13.2 Å². The van der Waals surface area contributed by atoms with Crippen LogP contribution in [0, 0.1) is 5.82 Å². The first kappa shape index (κ1) is 15.0. The molecule has 3 nitrogen and oxygen atoms in total. The van der Waals surface area contributed by atoms with E-state index in [1.54, 1.807) is 39.8 Å². The fraction of sp³-hybridized carbons (Fsp3) is 0.538. The van der Waals surface area contributed by atoms with Crippen molar-refractivity contribution in [2.75, 3.05) is 7.11 Å². The second-order valence-electron chi connectivity index (χ2n) is 5.33. The van der Waals surface area contributed by atoms with E-state index >= 15 is 0 Å². The highest BCUT2D eigenvalue weighted by atomic mass is 19.1. The third-order valence-corrected chi connectivity index (χ3v) is 3.29. The second kappa shape index (κ2) is 5.28. The Morgan fingerprint density at radius 2 is 1.83 bits per heavy atom. The molecule has 0 radical (unpaired) electrons. The zero-order valence-electron chi connectivity index (χ0n) is 11.6. The van der Waals surface area contributed by atoms with E-state index in [9.17, 15) is 9.50 Å². The molecule has 0 saturated heterocycles. The zero-order chi connectivity index (χ0) is 14.0. The molecule has 1 aromatic carbocycles. The van der Waals surface area contributed by atoms with Crippen LogP contribution < -0.4 is 10.2 Å². The second-order valence-corrected chi connectivity index (χ2v) is 5.33. The summed E-state index contributed by atoms with van der Waals surface area (Å²) in [6.45, 7) is 6.96. The summed E-state index contributed by atoms with van der Waals surface area (Å²) in [5, 5.41) is 9.94. The van der Waals surface area contributed by atoms with Gasteiger partial charge in [-0.05, 0) is 45.3 Å². The summed E-state index contributed by atoms with van der Waals surface area (Å²) in [5.74, 6) is -0.208. The number of hydrogen-bond acceptors (Lipinski definition) is 3. The molecule has 0 unspecified atom stereocenters. The van der Waals surface area contributed by atoms with Gasteiger partial charge in [0.15, 0.2) is 11.6 Å². The van der Waals surface area contributed by atoms with Crippen molar-refractivity contribution >= 4 is 12.9 Å². The molecule has 1 rings (SSSR count). The smallest absolute Gasteiger partial charge is 0.309 e. The Kier molecular flexibility index (Phi) is 4.40. The molecule has 0 aliphatic carbocycles. The summed E-state index contributed by atoms with van der Waals surface area (Å²) in [4.78, 5) is 0. The van der Waals surface area contributed by atoms with Crippen molar-refractivity contribution in [3.8, 4) is 5.75 Å².